The first-order valence-corrected chi connectivity index (χ1v) is 5.57. The third-order valence-corrected chi connectivity index (χ3v) is 2.44. The molecule has 0 spiro atoms. The van der Waals surface area contributed by atoms with Crippen LogP contribution in [0.2, 0.25) is 0 Å². The summed E-state index contributed by atoms with van der Waals surface area (Å²) < 4.78 is 0. The van der Waals surface area contributed by atoms with Crippen LogP contribution in [-0.4, -0.2) is 17.8 Å². The van der Waals surface area contributed by atoms with Gasteiger partial charge in [-0.1, -0.05) is 6.58 Å². The second kappa shape index (κ2) is 8.44. The second-order valence-electron chi connectivity index (χ2n) is 1.74. The Morgan fingerprint density at radius 1 is 1.33 bits per heavy atom. The van der Waals surface area contributed by atoms with Crippen molar-refractivity contribution in [1.29, 1.82) is 0 Å². The highest BCUT2D eigenvalue weighted by molar-refractivity contribution is 8.02. The summed E-state index contributed by atoms with van der Waals surface area (Å²) in [5.41, 5.74) is 0. The molecule has 0 unspecified atom stereocenters. The molecule has 0 radical (unpaired) electrons. The summed E-state index contributed by atoms with van der Waals surface area (Å²) in [4.78, 5) is 0. The predicted molar refractivity (Wildman–Crippen MR) is 50.3 cm³/mol. The molecule has 2 heteroatoms. The van der Waals surface area contributed by atoms with Gasteiger partial charge in [0.2, 0.25) is 0 Å². The molecule has 0 saturated carbocycles. The molecular weight excluding hydrogens is 148 g/mol. The summed E-state index contributed by atoms with van der Waals surface area (Å²) in [6.07, 6.45) is 4.83. The largest absolute Gasteiger partial charge is 0.165 e. The highest BCUT2D eigenvalue weighted by atomic mass is 32.2. The van der Waals surface area contributed by atoms with Gasteiger partial charge < -0.3 is 0 Å². The molecule has 0 aromatic heterocycles. The minimum atomic E-state index is 1.24. The van der Waals surface area contributed by atoms with Crippen LogP contribution < -0.4 is 0 Å². The van der Waals surface area contributed by atoms with Gasteiger partial charge in [-0.3, -0.25) is 0 Å². The smallest absolute Gasteiger partial charge is 0.00259 e. The lowest BCUT2D eigenvalue weighted by atomic mass is 10.4. The van der Waals surface area contributed by atoms with Crippen LogP contribution in [0.5, 0.6) is 0 Å². The fraction of sp³-hybridized carbons (Fsp3) is 0.714. The second-order valence-corrected chi connectivity index (χ2v) is 3.80. The van der Waals surface area contributed by atoms with E-state index in [1.165, 1.54) is 24.3 Å². The van der Waals surface area contributed by atoms with Crippen LogP contribution in [-0.2, 0) is 0 Å². The van der Waals surface area contributed by atoms with Crippen molar-refractivity contribution in [2.24, 2.45) is 0 Å². The lowest BCUT2D eigenvalue weighted by Gasteiger charge is -1.94. The summed E-state index contributed by atoms with van der Waals surface area (Å²) in [6, 6.07) is 0. The van der Waals surface area contributed by atoms with Crippen LogP contribution in [0.15, 0.2) is 12.0 Å². The van der Waals surface area contributed by atoms with E-state index in [1.807, 2.05) is 28.9 Å². The molecule has 0 aromatic rings. The Kier molecular flexibility index (Phi) is 8.85. The molecule has 9 heavy (non-hydrogen) atoms. The summed E-state index contributed by atoms with van der Waals surface area (Å²) in [5, 5.41) is 1.92. The molecule has 0 saturated heterocycles. The van der Waals surface area contributed by atoms with Crippen molar-refractivity contribution in [1.82, 2.24) is 0 Å². The monoisotopic (exact) mass is 162 g/mol. The van der Waals surface area contributed by atoms with Gasteiger partial charge >= 0.3 is 0 Å². The molecule has 0 rings (SSSR count). The highest BCUT2D eigenvalue weighted by Gasteiger charge is 1.84. The van der Waals surface area contributed by atoms with E-state index >= 15 is 0 Å². The van der Waals surface area contributed by atoms with Gasteiger partial charge in [0, 0.05) is 0 Å². The molecule has 0 aliphatic rings. The molecule has 0 aliphatic heterocycles. The van der Waals surface area contributed by atoms with E-state index in [-0.39, 0.29) is 0 Å². The van der Waals surface area contributed by atoms with E-state index in [1.54, 1.807) is 0 Å². The van der Waals surface area contributed by atoms with Crippen molar-refractivity contribution in [3.8, 4) is 0 Å². The van der Waals surface area contributed by atoms with Gasteiger partial charge in [0.25, 0.3) is 0 Å². The quantitative estimate of drug-likeness (QED) is 0.551. The van der Waals surface area contributed by atoms with E-state index in [9.17, 15) is 0 Å². The highest BCUT2D eigenvalue weighted by Crippen LogP contribution is 2.06. The van der Waals surface area contributed by atoms with E-state index in [0.29, 0.717) is 0 Å². The van der Waals surface area contributed by atoms with Crippen LogP contribution in [0.25, 0.3) is 0 Å². The fourth-order valence-corrected chi connectivity index (χ4v) is 1.55. The first kappa shape index (κ1) is 9.44. The maximum Gasteiger partial charge on any atom is -0.00259 e. The van der Waals surface area contributed by atoms with Gasteiger partial charge in [0.05, 0.1) is 0 Å². The number of hydrogen-bond acceptors (Lipinski definition) is 2. The zero-order chi connectivity index (χ0) is 6.95. The zero-order valence-electron chi connectivity index (χ0n) is 5.93. The maximum atomic E-state index is 3.64. The SMILES string of the molecule is C=CSCCCCSC. The van der Waals surface area contributed by atoms with Crippen LogP contribution in [0, 0.1) is 0 Å². The third-order valence-electron chi connectivity index (χ3n) is 0.979. The Morgan fingerprint density at radius 3 is 2.56 bits per heavy atom. The predicted octanol–water partition coefficient (Wildman–Crippen LogP) is 3.01. The summed E-state index contributed by atoms with van der Waals surface area (Å²) in [7, 11) is 0. The average molecular weight is 162 g/mol. The molecule has 0 fully saturated rings. The van der Waals surface area contributed by atoms with Gasteiger partial charge in [0.15, 0.2) is 0 Å². The van der Waals surface area contributed by atoms with Crippen LogP contribution in [0.1, 0.15) is 12.8 Å². The lowest BCUT2D eigenvalue weighted by Crippen LogP contribution is -1.80. The first-order valence-electron chi connectivity index (χ1n) is 3.13. The maximum absolute atomic E-state index is 3.64. The van der Waals surface area contributed by atoms with Crippen molar-refractivity contribution in [2.75, 3.05) is 17.8 Å². The van der Waals surface area contributed by atoms with E-state index in [2.05, 4.69) is 12.8 Å². The minimum absolute atomic E-state index is 1.24. The molecule has 54 valence electrons. The summed E-state index contributed by atoms with van der Waals surface area (Å²) >= 11 is 3.74. The van der Waals surface area contributed by atoms with Crippen molar-refractivity contribution >= 4 is 23.5 Å². The van der Waals surface area contributed by atoms with Crippen LogP contribution >= 0.6 is 23.5 Å². The molecule has 0 aliphatic carbocycles. The molecule has 0 heterocycles. The Labute approximate surface area is 66.5 Å². The van der Waals surface area contributed by atoms with E-state index in [0.717, 1.165) is 0 Å². The number of rotatable bonds is 6. The molecule has 0 bridgehead atoms. The van der Waals surface area contributed by atoms with Gasteiger partial charge in [-0.05, 0) is 36.0 Å². The molecule has 0 aromatic carbocycles. The molecular formula is C7H14S2. The Hall–Kier alpha value is 0.440. The standard InChI is InChI=1S/C7H14S2/c1-3-9-7-5-4-6-8-2/h3H,1,4-7H2,2H3. The van der Waals surface area contributed by atoms with E-state index in [4.69, 9.17) is 0 Å². The normalized spacial score (nSPS) is 9.44. The number of thioether (sulfide) groups is 2. The molecule has 0 nitrogen and oxygen atoms in total. The number of unbranched alkanes of at least 4 members (excludes halogenated alkanes) is 1. The average Bonchev–Trinajstić information content (AvgIpc) is 1.89. The zero-order valence-corrected chi connectivity index (χ0v) is 7.56. The lowest BCUT2D eigenvalue weighted by molar-refractivity contribution is 0.910. The summed E-state index contributed by atoms with van der Waals surface area (Å²) in [6.45, 7) is 3.64. The third kappa shape index (κ3) is 8.44. The van der Waals surface area contributed by atoms with Gasteiger partial charge in [-0.25, -0.2) is 0 Å². The Bertz CT molecular complexity index is 61.9. The van der Waals surface area contributed by atoms with Crippen molar-refractivity contribution < 1.29 is 0 Å². The van der Waals surface area contributed by atoms with Gasteiger partial charge in [-0.15, -0.1) is 11.8 Å². The first-order chi connectivity index (χ1) is 4.41. The minimum Gasteiger partial charge on any atom is -0.165 e. The molecule has 0 atom stereocenters. The van der Waals surface area contributed by atoms with Gasteiger partial charge in [-0.2, -0.15) is 11.8 Å². The molecule has 0 amide bonds. The van der Waals surface area contributed by atoms with Crippen LogP contribution in [0.3, 0.4) is 0 Å². The van der Waals surface area contributed by atoms with Crippen molar-refractivity contribution in [3.63, 3.8) is 0 Å². The fourth-order valence-electron chi connectivity index (χ4n) is 0.515. The van der Waals surface area contributed by atoms with Crippen molar-refractivity contribution in [2.45, 2.75) is 12.8 Å². The van der Waals surface area contributed by atoms with Gasteiger partial charge in [0.1, 0.15) is 0 Å². The topological polar surface area (TPSA) is 0 Å². The van der Waals surface area contributed by atoms with Crippen molar-refractivity contribution in [3.05, 3.63) is 12.0 Å². The Balaban J connectivity index is 2.66. The molecule has 0 N–H and O–H groups in total. The Morgan fingerprint density at radius 2 is 2.00 bits per heavy atom. The van der Waals surface area contributed by atoms with E-state index < -0.39 is 0 Å². The number of hydrogen-bond donors (Lipinski definition) is 0. The van der Waals surface area contributed by atoms with Crippen LogP contribution in [0.4, 0.5) is 0 Å². The summed E-state index contributed by atoms with van der Waals surface area (Å²) in [5.74, 6) is 2.54.